The van der Waals surface area contributed by atoms with Crippen LogP contribution in [0.4, 0.5) is 0 Å². The Balaban J connectivity index is 1.99. The average Bonchev–Trinajstić information content (AvgIpc) is 2.68. The van der Waals surface area contributed by atoms with Crippen LogP contribution in [0.25, 0.3) is 0 Å². The summed E-state index contributed by atoms with van der Waals surface area (Å²) in [6, 6.07) is 4.12. The van der Waals surface area contributed by atoms with Crippen LogP contribution in [0.5, 0.6) is 5.75 Å². The summed E-state index contributed by atoms with van der Waals surface area (Å²) in [6.45, 7) is 3.62. The Morgan fingerprint density at radius 3 is 2.40 bits per heavy atom. The molecule has 0 radical (unpaired) electrons. The van der Waals surface area contributed by atoms with Gasteiger partial charge in [0.05, 0.1) is 21.7 Å². The van der Waals surface area contributed by atoms with Gasteiger partial charge in [-0.3, -0.25) is 4.68 Å². The number of aryl methyl sites for hydroxylation is 2. The molecule has 0 aliphatic heterocycles. The lowest BCUT2D eigenvalue weighted by Crippen LogP contribution is -2.13. The summed E-state index contributed by atoms with van der Waals surface area (Å²) in [5, 5.41) is 7.76. The van der Waals surface area contributed by atoms with Crippen molar-refractivity contribution in [1.82, 2.24) is 15.1 Å². The molecule has 0 bridgehead atoms. The Morgan fingerprint density at radius 2 is 1.90 bits per heavy atom. The third-order valence-corrected chi connectivity index (χ3v) is 4.20. The molecule has 0 fully saturated rings. The van der Waals surface area contributed by atoms with Gasteiger partial charge in [0.2, 0.25) is 0 Å². The van der Waals surface area contributed by atoms with Gasteiger partial charge in [-0.1, -0.05) is 0 Å². The minimum atomic E-state index is 0.787. The van der Waals surface area contributed by atoms with Crippen molar-refractivity contribution < 1.29 is 4.74 Å². The molecule has 1 N–H and O–H groups in total. The van der Waals surface area contributed by atoms with E-state index in [1.54, 1.807) is 7.11 Å². The van der Waals surface area contributed by atoms with Crippen LogP contribution < -0.4 is 10.1 Å². The van der Waals surface area contributed by atoms with E-state index >= 15 is 0 Å². The van der Waals surface area contributed by atoms with Crippen molar-refractivity contribution in [3.05, 3.63) is 44.1 Å². The number of nitrogens with zero attached hydrogens (tertiary/aromatic N) is 2. The Kier molecular flexibility index (Phi) is 5.23. The third-order valence-electron chi connectivity index (χ3n) is 3.02. The van der Waals surface area contributed by atoms with Crippen molar-refractivity contribution >= 4 is 31.9 Å². The molecule has 0 saturated carbocycles. The zero-order valence-corrected chi connectivity index (χ0v) is 14.9. The van der Waals surface area contributed by atoms with E-state index in [4.69, 9.17) is 4.74 Å². The number of aromatic nitrogens is 2. The van der Waals surface area contributed by atoms with Crippen LogP contribution in [0.1, 0.15) is 16.8 Å². The van der Waals surface area contributed by atoms with Crippen molar-refractivity contribution in [2.24, 2.45) is 7.05 Å². The molecule has 1 heterocycles. The monoisotopic (exact) mass is 401 g/mol. The van der Waals surface area contributed by atoms with Gasteiger partial charge in [0.15, 0.2) is 0 Å². The molecule has 0 atom stereocenters. The SMILES string of the molecule is COc1c(Br)cc(CNCc2cn(C)nc2C)cc1Br. The summed E-state index contributed by atoms with van der Waals surface area (Å²) in [5.41, 5.74) is 3.47. The van der Waals surface area contributed by atoms with Crippen LogP contribution in [0.3, 0.4) is 0 Å². The topological polar surface area (TPSA) is 39.1 Å². The first-order valence-corrected chi connectivity index (χ1v) is 7.81. The number of methoxy groups -OCH3 is 1. The first-order valence-electron chi connectivity index (χ1n) is 6.23. The summed E-state index contributed by atoms with van der Waals surface area (Å²) in [6.07, 6.45) is 2.04. The summed E-state index contributed by atoms with van der Waals surface area (Å²) >= 11 is 7.03. The summed E-state index contributed by atoms with van der Waals surface area (Å²) in [7, 11) is 3.60. The molecule has 0 amide bonds. The number of hydrogen-bond acceptors (Lipinski definition) is 3. The van der Waals surface area contributed by atoms with E-state index in [-0.39, 0.29) is 0 Å². The highest BCUT2D eigenvalue weighted by atomic mass is 79.9. The van der Waals surface area contributed by atoms with Gasteiger partial charge in [0, 0.05) is 31.9 Å². The zero-order chi connectivity index (χ0) is 14.7. The van der Waals surface area contributed by atoms with Gasteiger partial charge >= 0.3 is 0 Å². The number of rotatable bonds is 5. The minimum Gasteiger partial charge on any atom is -0.494 e. The van der Waals surface area contributed by atoms with Gasteiger partial charge in [-0.05, 0) is 56.5 Å². The molecule has 108 valence electrons. The molecule has 20 heavy (non-hydrogen) atoms. The number of ether oxygens (including phenoxy) is 1. The van der Waals surface area contributed by atoms with Crippen LogP contribution >= 0.6 is 31.9 Å². The van der Waals surface area contributed by atoms with Gasteiger partial charge < -0.3 is 10.1 Å². The lowest BCUT2D eigenvalue weighted by molar-refractivity contribution is 0.409. The molecule has 2 rings (SSSR count). The third kappa shape index (κ3) is 3.62. The second-order valence-corrected chi connectivity index (χ2v) is 6.32. The smallest absolute Gasteiger partial charge is 0.147 e. The highest BCUT2D eigenvalue weighted by Gasteiger charge is 2.08. The molecular weight excluding hydrogens is 386 g/mol. The molecule has 0 aliphatic rings. The largest absolute Gasteiger partial charge is 0.494 e. The first kappa shape index (κ1) is 15.5. The zero-order valence-electron chi connectivity index (χ0n) is 11.7. The number of hydrogen-bond donors (Lipinski definition) is 1. The van der Waals surface area contributed by atoms with E-state index in [1.807, 2.05) is 24.9 Å². The maximum Gasteiger partial charge on any atom is 0.147 e. The molecule has 2 aromatic rings. The standard InChI is InChI=1S/C14H17Br2N3O/c1-9-11(8-19(2)18-9)7-17-6-10-4-12(15)14(20-3)13(16)5-10/h4-5,8,17H,6-7H2,1-3H3. The summed E-state index contributed by atoms with van der Waals surface area (Å²) in [5.74, 6) is 0.817. The Bertz CT molecular complexity index is 587. The predicted octanol–water partition coefficient (Wildman–Crippen LogP) is 3.55. The molecule has 0 unspecified atom stereocenters. The maximum atomic E-state index is 5.30. The fourth-order valence-corrected chi connectivity index (χ4v) is 3.68. The van der Waals surface area contributed by atoms with E-state index < -0.39 is 0 Å². The van der Waals surface area contributed by atoms with Crippen LogP contribution in [0.2, 0.25) is 0 Å². The maximum absolute atomic E-state index is 5.30. The minimum absolute atomic E-state index is 0.787. The Hall–Kier alpha value is -0.850. The number of halogens is 2. The Morgan fingerprint density at radius 1 is 1.25 bits per heavy atom. The van der Waals surface area contributed by atoms with Gasteiger partial charge in [-0.2, -0.15) is 5.10 Å². The molecule has 6 heteroatoms. The highest BCUT2D eigenvalue weighted by Crippen LogP contribution is 2.34. The van der Waals surface area contributed by atoms with Crippen LogP contribution in [0.15, 0.2) is 27.3 Å². The van der Waals surface area contributed by atoms with Crippen LogP contribution in [-0.2, 0) is 20.1 Å². The summed E-state index contributed by atoms with van der Waals surface area (Å²) in [4.78, 5) is 0. The van der Waals surface area contributed by atoms with Crippen molar-refractivity contribution in [1.29, 1.82) is 0 Å². The quantitative estimate of drug-likeness (QED) is 0.831. The number of benzene rings is 1. The van der Waals surface area contributed by atoms with E-state index in [2.05, 4.69) is 54.4 Å². The molecular formula is C14H17Br2N3O. The lowest BCUT2D eigenvalue weighted by Gasteiger charge is -2.10. The molecule has 0 aliphatic carbocycles. The van der Waals surface area contributed by atoms with Gasteiger partial charge in [-0.25, -0.2) is 0 Å². The van der Waals surface area contributed by atoms with Crippen molar-refractivity contribution in [3.63, 3.8) is 0 Å². The van der Waals surface area contributed by atoms with Crippen molar-refractivity contribution in [2.45, 2.75) is 20.0 Å². The van der Waals surface area contributed by atoms with Gasteiger partial charge in [0.25, 0.3) is 0 Å². The molecule has 0 saturated heterocycles. The van der Waals surface area contributed by atoms with Gasteiger partial charge in [0.1, 0.15) is 5.75 Å². The second-order valence-electron chi connectivity index (χ2n) is 4.61. The van der Waals surface area contributed by atoms with Crippen LogP contribution in [-0.4, -0.2) is 16.9 Å². The normalized spacial score (nSPS) is 10.8. The van der Waals surface area contributed by atoms with Crippen LogP contribution in [0, 0.1) is 6.92 Å². The van der Waals surface area contributed by atoms with E-state index in [0.717, 1.165) is 33.5 Å². The molecule has 1 aromatic heterocycles. The summed E-state index contributed by atoms with van der Waals surface area (Å²) < 4.78 is 9.03. The molecule has 4 nitrogen and oxygen atoms in total. The lowest BCUT2D eigenvalue weighted by atomic mass is 10.2. The van der Waals surface area contributed by atoms with Crippen molar-refractivity contribution in [2.75, 3.05) is 7.11 Å². The fraction of sp³-hybridized carbons (Fsp3) is 0.357. The fourth-order valence-electron chi connectivity index (χ4n) is 2.07. The van der Waals surface area contributed by atoms with Crippen molar-refractivity contribution in [3.8, 4) is 5.75 Å². The average molecular weight is 403 g/mol. The number of nitrogens with one attached hydrogen (secondary N) is 1. The molecule has 0 spiro atoms. The van der Waals surface area contributed by atoms with E-state index in [1.165, 1.54) is 11.1 Å². The van der Waals surface area contributed by atoms with E-state index in [9.17, 15) is 0 Å². The van der Waals surface area contributed by atoms with E-state index in [0.29, 0.717) is 0 Å². The van der Waals surface area contributed by atoms with Gasteiger partial charge in [-0.15, -0.1) is 0 Å². The first-order chi connectivity index (χ1) is 9.51. The highest BCUT2D eigenvalue weighted by molar-refractivity contribution is 9.11. The Labute approximate surface area is 135 Å². The second kappa shape index (κ2) is 6.74. The predicted molar refractivity (Wildman–Crippen MR) is 86.9 cm³/mol. The molecule has 1 aromatic carbocycles.